The van der Waals surface area contributed by atoms with E-state index in [-0.39, 0.29) is 0 Å². The minimum atomic E-state index is -0.655. The Balaban J connectivity index is 1.29. The molecule has 0 fully saturated rings. The maximum atomic E-state index is 12.0. The van der Waals surface area contributed by atoms with Crippen molar-refractivity contribution in [2.45, 2.75) is 0 Å². The van der Waals surface area contributed by atoms with E-state index < -0.39 is 18.5 Å². The first kappa shape index (κ1) is 18.4. The second-order valence-corrected chi connectivity index (χ2v) is 6.13. The molecule has 0 saturated carbocycles. The molecule has 3 aromatic rings. The van der Waals surface area contributed by atoms with E-state index in [2.05, 4.69) is 15.3 Å². The summed E-state index contributed by atoms with van der Waals surface area (Å²) in [5, 5.41) is 2.64. The maximum Gasteiger partial charge on any atom is 0.331 e. The highest BCUT2D eigenvalue weighted by Gasteiger charge is 2.13. The number of rotatable bonds is 5. The van der Waals surface area contributed by atoms with Crippen molar-refractivity contribution >= 4 is 34.7 Å². The Morgan fingerprint density at radius 1 is 1.07 bits per heavy atom. The van der Waals surface area contributed by atoms with Crippen molar-refractivity contribution in [2.24, 2.45) is 0 Å². The summed E-state index contributed by atoms with van der Waals surface area (Å²) in [7, 11) is 0. The van der Waals surface area contributed by atoms with Gasteiger partial charge in [-0.1, -0.05) is 12.1 Å². The van der Waals surface area contributed by atoms with Crippen LogP contribution in [0, 0.1) is 0 Å². The number of anilines is 1. The first-order valence-corrected chi connectivity index (χ1v) is 8.93. The van der Waals surface area contributed by atoms with Crippen LogP contribution in [0.15, 0.2) is 54.7 Å². The summed E-state index contributed by atoms with van der Waals surface area (Å²) in [6, 6.07) is 12.5. The van der Waals surface area contributed by atoms with E-state index in [4.69, 9.17) is 14.2 Å². The first-order valence-electron chi connectivity index (χ1n) is 8.93. The molecule has 8 heteroatoms. The number of para-hydroxylation sites is 2. The molecule has 1 aromatic heterocycles. The molecule has 1 N–H and O–H groups in total. The molecule has 0 unspecified atom stereocenters. The van der Waals surface area contributed by atoms with E-state index in [1.807, 2.05) is 24.3 Å². The fourth-order valence-corrected chi connectivity index (χ4v) is 2.71. The summed E-state index contributed by atoms with van der Waals surface area (Å²) < 4.78 is 15.8. The molecule has 29 heavy (non-hydrogen) atoms. The van der Waals surface area contributed by atoms with Gasteiger partial charge in [0, 0.05) is 17.8 Å². The van der Waals surface area contributed by atoms with E-state index in [0.29, 0.717) is 36.1 Å². The van der Waals surface area contributed by atoms with E-state index >= 15 is 0 Å². The predicted molar refractivity (Wildman–Crippen MR) is 106 cm³/mol. The summed E-state index contributed by atoms with van der Waals surface area (Å²) in [6.45, 7) is 0.532. The van der Waals surface area contributed by atoms with Crippen LogP contribution >= 0.6 is 0 Å². The number of nitrogens with one attached hydrogen (secondary N) is 1. The van der Waals surface area contributed by atoms with Crippen molar-refractivity contribution in [3.63, 3.8) is 0 Å². The van der Waals surface area contributed by atoms with Crippen LogP contribution in [0.3, 0.4) is 0 Å². The highest BCUT2D eigenvalue weighted by Crippen LogP contribution is 2.32. The van der Waals surface area contributed by atoms with Crippen LogP contribution < -0.4 is 14.8 Å². The maximum absolute atomic E-state index is 12.0. The molecule has 146 valence electrons. The quantitative estimate of drug-likeness (QED) is 0.527. The Morgan fingerprint density at radius 2 is 1.86 bits per heavy atom. The third-order valence-electron chi connectivity index (χ3n) is 4.03. The number of aromatic nitrogens is 2. The van der Waals surface area contributed by atoms with Crippen LogP contribution in [0.25, 0.3) is 17.1 Å². The van der Waals surface area contributed by atoms with Gasteiger partial charge in [0.2, 0.25) is 0 Å². The lowest BCUT2D eigenvalue weighted by atomic mass is 10.2. The van der Waals surface area contributed by atoms with Crippen LogP contribution in [-0.2, 0) is 14.3 Å². The van der Waals surface area contributed by atoms with Crippen LogP contribution in [0.2, 0.25) is 0 Å². The molecule has 0 spiro atoms. The molecule has 0 aliphatic carbocycles. The van der Waals surface area contributed by atoms with Crippen molar-refractivity contribution in [1.82, 2.24) is 9.97 Å². The fraction of sp³-hybridized carbons (Fsp3) is 0.143. The number of hydrogen-bond acceptors (Lipinski definition) is 7. The normalized spacial score (nSPS) is 12.7. The third-order valence-corrected chi connectivity index (χ3v) is 4.03. The zero-order chi connectivity index (χ0) is 20.1. The molecule has 0 saturated heterocycles. The second-order valence-electron chi connectivity index (χ2n) is 6.13. The van der Waals surface area contributed by atoms with Gasteiger partial charge in [0.05, 0.1) is 22.9 Å². The number of carbonyl (C=O) groups is 2. The minimum Gasteiger partial charge on any atom is -0.486 e. The molecule has 4 rings (SSSR count). The van der Waals surface area contributed by atoms with Gasteiger partial charge in [-0.3, -0.25) is 9.78 Å². The lowest BCUT2D eigenvalue weighted by Crippen LogP contribution is -2.20. The molecule has 0 bridgehead atoms. The van der Waals surface area contributed by atoms with Crippen LogP contribution in [0.4, 0.5) is 5.69 Å². The Morgan fingerprint density at radius 3 is 2.72 bits per heavy atom. The first-order chi connectivity index (χ1) is 14.2. The molecule has 1 aliphatic rings. The Hall–Kier alpha value is -3.94. The van der Waals surface area contributed by atoms with Crippen LogP contribution in [-0.4, -0.2) is 41.7 Å². The summed E-state index contributed by atoms with van der Waals surface area (Å²) in [5.41, 5.74) is 2.53. The molecule has 8 nitrogen and oxygen atoms in total. The average molecular weight is 391 g/mol. The van der Waals surface area contributed by atoms with Crippen LogP contribution in [0.5, 0.6) is 11.5 Å². The van der Waals surface area contributed by atoms with E-state index in [1.54, 1.807) is 24.4 Å². The molecular weight excluding hydrogens is 374 g/mol. The Bertz CT molecular complexity index is 1100. The molecule has 2 heterocycles. The Labute approximate surface area is 166 Å². The number of benzene rings is 2. The fourth-order valence-electron chi connectivity index (χ4n) is 2.71. The van der Waals surface area contributed by atoms with Gasteiger partial charge < -0.3 is 19.5 Å². The number of carbonyl (C=O) groups excluding carboxylic acids is 2. The van der Waals surface area contributed by atoms with Crippen molar-refractivity contribution in [1.29, 1.82) is 0 Å². The van der Waals surface area contributed by atoms with Gasteiger partial charge in [-0.15, -0.1) is 0 Å². The lowest BCUT2D eigenvalue weighted by molar-refractivity contribution is -0.142. The molecular formula is C21H17N3O5. The summed E-state index contributed by atoms with van der Waals surface area (Å²) in [6.07, 6.45) is 4.25. The molecule has 2 aromatic carbocycles. The van der Waals surface area contributed by atoms with E-state index in [1.165, 1.54) is 12.2 Å². The number of fused-ring (bicyclic) bond motifs is 2. The van der Waals surface area contributed by atoms with Gasteiger partial charge >= 0.3 is 5.97 Å². The summed E-state index contributed by atoms with van der Waals surface area (Å²) in [5.74, 6) is 0.0688. The molecule has 1 aliphatic heterocycles. The number of ether oxygens (including phenoxy) is 3. The minimum absolute atomic E-state index is 0.416. The molecule has 0 radical (unpaired) electrons. The standard InChI is InChI=1S/C21H17N3O5/c25-20(24-14-5-7-18-19(11-14)28-10-9-27-18)13-29-21(26)8-6-15-12-22-16-3-1-2-4-17(16)23-15/h1-8,11-12H,9-10,13H2,(H,24,25). The number of hydrogen-bond donors (Lipinski definition) is 1. The number of amides is 1. The van der Waals surface area contributed by atoms with Gasteiger partial charge in [-0.2, -0.15) is 0 Å². The van der Waals surface area contributed by atoms with Gasteiger partial charge in [0.1, 0.15) is 13.2 Å². The van der Waals surface area contributed by atoms with Crippen molar-refractivity contribution in [3.05, 3.63) is 60.4 Å². The topological polar surface area (TPSA) is 99.6 Å². The molecule has 0 atom stereocenters. The van der Waals surface area contributed by atoms with Gasteiger partial charge in [0.15, 0.2) is 18.1 Å². The highest BCUT2D eigenvalue weighted by atomic mass is 16.6. The summed E-state index contributed by atoms with van der Waals surface area (Å²) in [4.78, 5) is 32.5. The van der Waals surface area contributed by atoms with E-state index in [0.717, 1.165) is 11.0 Å². The van der Waals surface area contributed by atoms with Crippen molar-refractivity contribution in [3.8, 4) is 11.5 Å². The zero-order valence-electron chi connectivity index (χ0n) is 15.3. The highest BCUT2D eigenvalue weighted by molar-refractivity contribution is 5.94. The molecule has 1 amide bonds. The van der Waals surface area contributed by atoms with Gasteiger partial charge in [0.25, 0.3) is 5.91 Å². The van der Waals surface area contributed by atoms with Gasteiger partial charge in [-0.05, 0) is 30.3 Å². The number of nitrogens with zero attached hydrogens (tertiary/aromatic N) is 2. The van der Waals surface area contributed by atoms with E-state index in [9.17, 15) is 9.59 Å². The largest absolute Gasteiger partial charge is 0.486 e. The summed E-state index contributed by atoms with van der Waals surface area (Å²) >= 11 is 0. The zero-order valence-corrected chi connectivity index (χ0v) is 15.3. The monoisotopic (exact) mass is 391 g/mol. The van der Waals surface area contributed by atoms with Crippen molar-refractivity contribution < 1.29 is 23.8 Å². The predicted octanol–water partition coefficient (Wildman–Crippen LogP) is 2.60. The van der Waals surface area contributed by atoms with Crippen molar-refractivity contribution in [2.75, 3.05) is 25.1 Å². The smallest absolute Gasteiger partial charge is 0.331 e. The number of esters is 1. The lowest BCUT2D eigenvalue weighted by Gasteiger charge is -2.18. The second kappa shape index (κ2) is 8.39. The average Bonchev–Trinajstić information content (AvgIpc) is 2.76. The van der Waals surface area contributed by atoms with Crippen LogP contribution in [0.1, 0.15) is 5.69 Å². The Kier molecular flexibility index (Phi) is 5.33. The van der Waals surface area contributed by atoms with Gasteiger partial charge in [-0.25, -0.2) is 9.78 Å². The SMILES string of the molecule is O=C(COC(=O)C=Cc1cnc2ccccc2n1)Nc1ccc2c(c1)OCCO2. The third kappa shape index (κ3) is 4.67.